The second-order valence-corrected chi connectivity index (χ2v) is 15.1. The summed E-state index contributed by atoms with van der Waals surface area (Å²) in [7, 11) is 0. The maximum atomic E-state index is 13.5. The first-order valence-electron chi connectivity index (χ1n) is 17.2. The summed E-state index contributed by atoms with van der Waals surface area (Å²) in [5, 5.41) is 30.7. The van der Waals surface area contributed by atoms with Crippen molar-refractivity contribution in [3.8, 4) is 22.8 Å². The van der Waals surface area contributed by atoms with Crippen LogP contribution in [0.15, 0.2) is 101 Å². The molecule has 1 saturated heterocycles. The Hall–Kier alpha value is -4.84. The van der Waals surface area contributed by atoms with Gasteiger partial charge in [-0.1, -0.05) is 74.5 Å². The van der Waals surface area contributed by atoms with Crippen LogP contribution < -0.4 is 10.6 Å². The molecule has 12 heteroatoms. The van der Waals surface area contributed by atoms with E-state index < -0.39 is 0 Å². The van der Waals surface area contributed by atoms with Crippen LogP contribution in [0, 0.1) is 0 Å². The highest BCUT2D eigenvalue weighted by Gasteiger charge is 2.25. The fourth-order valence-electron chi connectivity index (χ4n) is 6.18. The summed E-state index contributed by atoms with van der Waals surface area (Å²) < 4.78 is 3.68. The van der Waals surface area contributed by atoms with E-state index in [1.807, 2.05) is 63.8 Å². The summed E-state index contributed by atoms with van der Waals surface area (Å²) in [6, 6.07) is 26.8. The number of aromatic hydroxyl groups is 1. The van der Waals surface area contributed by atoms with Crippen LogP contribution in [-0.2, 0) is 18.5 Å². The molecule has 1 aliphatic heterocycles. The molecule has 0 unspecified atom stereocenters. The van der Waals surface area contributed by atoms with E-state index >= 15 is 0 Å². The number of fused-ring (bicyclic) bond motifs is 1. The Kier molecular flexibility index (Phi) is 10.0. The molecule has 3 N–H and O–H groups in total. The minimum Gasteiger partial charge on any atom is -0.507 e. The number of hydrogen-bond acceptors (Lipinski definition) is 7. The van der Waals surface area contributed by atoms with Crippen LogP contribution in [0.25, 0.3) is 22.7 Å². The number of phenols is 1. The van der Waals surface area contributed by atoms with Gasteiger partial charge in [-0.05, 0) is 92.0 Å². The van der Waals surface area contributed by atoms with Crippen LogP contribution in [0.2, 0.25) is 5.02 Å². The Balaban J connectivity index is 1.08. The van der Waals surface area contributed by atoms with Crippen molar-refractivity contribution in [2.45, 2.75) is 68.3 Å². The van der Waals surface area contributed by atoms with E-state index in [-0.39, 0.29) is 17.2 Å². The Labute approximate surface area is 306 Å². The number of hydrogen-bond donors (Lipinski definition) is 3. The van der Waals surface area contributed by atoms with E-state index in [0.29, 0.717) is 34.4 Å². The predicted molar refractivity (Wildman–Crippen MR) is 203 cm³/mol. The molecule has 1 aliphatic rings. The van der Waals surface area contributed by atoms with Crippen LogP contribution in [0.3, 0.4) is 0 Å². The largest absolute Gasteiger partial charge is 0.507 e. The molecule has 0 saturated carbocycles. The molecule has 0 aliphatic carbocycles. The maximum absolute atomic E-state index is 13.5. The third kappa shape index (κ3) is 7.75. The summed E-state index contributed by atoms with van der Waals surface area (Å²) in [6.07, 6.45) is 5.34. The number of urea groups is 1. The van der Waals surface area contributed by atoms with Crippen molar-refractivity contribution < 1.29 is 9.90 Å². The van der Waals surface area contributed by atoms with Gasteiger partial charge >= 0.3 is 6.03 Å². The monoisotopic (exact) mass is 720 g/mol. The fourth-order valence-corrected chi connectivity index (χ4v) is 7.32. The molecule has 0 bridgehead atoms. The highest BCUT2D eigenvalue weighted by Crippen LogP contribution is 2.35. The SMILES string of the molecule is CCC(C)(C)c1cc(NC(=O)NCc2ccccc2Sc2ccc3nnc(-c4cc(Cl)ccc4O)n3c2)n(-c2cccc(CN3CCCC3)c2)n1. The van der Waals surface area contributed by atoms with Gasteiger partial charge in [-0.3, -0.25) is 14.6 Å². The average Bonchev–Trinajstić information content (AvgIpc) is 3.90. The molecule has 3 aromatic carbocycles. The molecule has 10 nitrogen and oxygen atoms in total. The number of carbonyl (C=O) groups excluding carboxylic acids is 1. The van der Waals surface area contributed by atoms with Gasteiger partial charge in [0.05, 0.1) is 16.9 Å². The van der Waals surface area contributed by atoms with Crippen LogP contribution in [-0.4, -0.2) is 53.5 Å². The van der Waals surface area contributed by atoms with Gasteiger partial charge < -0.3 is 10.4 Å². The molecule has 0 radical (unpaired) electrons. The van der Waals surface area contributed by atoms with Crippen LogP contribution in [0.5, 0.6) is 5.75 Å². The third-order valence-corrected chi connectivity index (χ3v) is 10.8. The van der Waals surface area contributed by atoms with Gasteiger partial charge in [0.1, 0.15) is 11.6 Å². The third-order valence-electron chi connectivity index (χ3n) is 9.50. The van der Waals surface area contributed by atoms with Gasteiger partial charge in [0.15, 0.2) is 11.5 Å². The summed E-state index contributed by atoms with van der Waals surface area (Å²) in [4.78, 5) is 17.9. The molecule has 3 aromatic heterocycles. The number of carbonyl (C=O) groups is 1. The molecule has 0 atom stereocenters. The highest BCUT2D eigenvalue weighted by molar-refractivity contribution is 7.99. The lowest BCUT2D eigenvalue weighted by molar-refractivity contribution is 0.251. The van der Waals surface area contributed by atoms with Crippen LogP contribution >= 0.6 is 23.4 Å². The molecular formula is C39H41ClN8O2S. The lowest BCUT2D eigenvalue weighted by Gasteiger charge is -2.19. The number of likely N-dealkylation sites (tertiary alicyclic amines) is 1. The Morgan fingerprint density at radius 2 is 1.80 bits per heavy atom. The van der Waals surface area contributed by atoms with Crippen molar-refractivity contribution in [3.63, 3.8) is 0 Å². The number of nitrogens with one attached hydrogen (secondary N) is 2. The van der Waals surface area contributed by atoms with Crippen LogP contribution in [0.4, 0.5) is 10.6 Å². The van der Waals surface area contributed by atoms with Crippen molar-refractivity contribution >= 4 is 40.9 Å². The first kappa shape index (κ1) is 34.6. The van der Waals surface area contributed by atoms with Crippen molar-refractivity contribution in [3.05, 3.63) is 113 Å². The quantitative estimate of drug-likeness (QED) is 0.123. The van der Waals surface area contributed by atoms with Gasteiger partial charge in [-0.15, -0.1) is 10.2 Å². The molecule has 0 spiro atoms. The molecule has 7 rings (SSSR count). The zero-order valence-corrected chi connectivity index (χ0v) is 30.5. The van der Waals surface area contributed by atoms with E-state index in [1.54, 1.807) is 30.0 Å². The van der Waals surface area contributed by atoms with Crippen molar-refractivity contribution in [2.75, 3.05) is 18.4 Å². The zero-order chi connectivity index (χ0) is 35.5. The number of halogens is 1. The van der Waals surface area contributed by atoms with Gasteiger partial charge in [-0.2, -0.15) is 5.10 Å². The number of nitrogens with zero attached hydrogens (tertiary/aromatic N) is 6. The Bertz CT molecular complexity index is 2190. The van der Waals surface area contributed by atoms with Crippen molar-refractivity contribution in [1.29, 1.82) is 0 Å². The lowest BCUT2D eigenvalue weighted by Crippen LogP contribution is -2.29. The van der Waals surface area contributed by atoms with E-state index in [1.165, 1.54) is 18.4 Å². The summed E-state index contributed by atoms with van der Waals surface area (Å²) in [6.45, 7) is 9.97. The first-order chi connectivity index (χ1) is 24.7. The van der Waals surface area contributed by atoms with Gasteiger partial charge in [0.2, 0.25) is 0 Å². The molecular weight excluding hydrogens is 680 g/mol. The summed E-state index contributed by atoms with van der Waals surface area (Å²) in [5.41, 5.74) is 5.01. The minimum absolute atomic E-state index is 0.0702. The van der Waals surface area contributed by atoms with E-state index in [4.69, 9.17) is 16.7 Å². The molecule has 1 fully saturated rings. The average molecular weight is 721 g/mol. The highest BCUT2D eigenvalue weighted by atomic mass is 35.5. The Morgan fingerprint density at radius 1 is 0.980 bits per heavy atom. The van der Waals surface area contributed by atoms with Gasteiger partial charge in [0, 0.05) is 45.6 Å². The zero-order valence-electron chi connectivity index (χ0n) is 28.9. The van der Waals surface area contributed by atoms with Crippen molar-refractivity contribution in [2.24, 2.45) is 0 Å². The molecule has 4 heterocycles. The topological polar surface area (TPSA) is 113 Å². The lowest BCUT2D eigenvalue weighted by atomic mass is 9.87. The maximum Gasteiger partial charge on any atom is 0.320 e. The standard InChI is InChI=1S/C39H41ClN8O2S/c1-4-39(2,3)34-22-36(48(45-34)29-12-9-10-26(20-29)24-46-18-7-8-19-46)42-38(50)41-23-27-11-5-6-13-33(27)51-30-15-17-35-43-44-37(47(35)25-30)31-21-28(40)14-16-32(31)49/h5-6,9-17,20-22,25,49H,4,7-8,18-19,23-24H2,1-3H3,(H2,41,42,50). The number of benzene rings is 3. The normalized spacial score (nSPS) is 13.6. The van der Waals surface area contributed by atoms with E-state index in [0.717, 1.165) is 52.8 Å². The molecule has 262 valence electrons. The summed E-state index contributed by atoms with van der Waals surface area (Å²) >= 11 is 7.78. The van der Waals surface area contributed by atoms with Crippen molar-refractivity contribution in [1.82, 2.24) is 34.6 Å². The number of aromatic nitrogens is 5. The van der Waals surface area contributed by atoms with E-state index in [9.17, 15) is 9.90 Å². The Morgan fingerprint density at radius 3 is 2.63 bits per heavy atom. The van der Waals surface area contributed by atoms with Crippen LogP contribution in [0.1, 0.15) is 56.9 Å². The molecule has 6 aromatic rings. The number of rotatable bonds is 11. The van der Waals surface area contributed by atoms with Gasteiger partial charge in [0.25, 0.3) is 0 Å². The molecule has 2 amide bonds. The summed E-state index contributed by atoms with van der Waals surface area (Å²) in [5.74, 6) is 1.18. The number of amides is 2. The molecule has 51 heavy (non-hydrogen) atoms. The van der Waals surface area contributed by atoms with Gasteiger partial charge in [-0.25, -0.2) is 9.48 Å². The number of pyridine rings is 1. The first-order valence-corrected chi connectivity index (χ1v) is 18.4. The second-order valence-electron chi connectivity index (χ2n) is 13.5. The number of anilines is 1. The minimum atomic E-state index is -0.318. The number of phenolic OH excluding ortho intramolecular Hbond substituents is 1. The fraction of sp³-hybridized carbons (Fsp3) is 0.282. The second kappa shape index (κ2) is 14.8. The predicted octanol–water partition coefficient (Wildman–Crippen LogP) is 8.70. The van der Waals surface area contributed by atoms with E-state index in [2.05, 4.69) is 64.7 Å². The smallest absolute Gasteiger partial charge is 0.320 e.